The molecular formula is C17H18N2O5S. The summed E-state index contributed by atoms with van der Waals surface area (Å²) < 4.78 is 9.74. The number of amides is 2. The standard InChI is InChI=1S/C17H18N2O5S/c1-4-24-15(20)12-10(2)13(16(21)23-3)25-14(12)19-17(22)18-11-8-6-5-7-9-11/h5-9H,4H2,1-3H3,(H2,18,19,22). The van der Waals surface area contributed by atoms with Gasteiger partial charge in [0.15, 0.2) is 0 Å². The van der Waals surface area contributed by atoms with Gasteiger partial charge in [-0.1, -0.05) is 18.2 Å². The van der Waals surface area contributed by atoms with Crippen LogP contribution in [0.25, 0.3) is 0 Å². The van der Waals surface area contributed by atoms with E-state index in [1.54, 1.807) is 38.1 Å². The first-order valence-corrected chi connectivity index (χ1v) is 8.31. The molecule has 0 fully saturated rings. The Balaban J connectivity index is 2.30. The van der Waals surface area contributed by atoms with Crippen molar-refractivity contribution in [2.75, 3.05) is 24.4 Å². The SMILES string of the molecule is CCOC(=O)c1c(NC(=O)Nc2ccccc2)sc(C(=O)OC)c1C. The third-order valence-corrected chi connectivity index (χ3v) is 4.44. The molecule has 1 heterocycles. The number of esters is 2. The minimum atomic E-state index is -0.610. The van der Waals surface area contributed by atoms with Crippen molar-refractivity contribution in [1.29, 1.82) is 0 Å². The van der Waals surface area contributed by atoms with Crippen molar-refractivity contribution in [3.05, 3.63) is 46.3 Å². The average molecular weight is 362 g/mol. The normalized spacial score (nSPS) is 10.0. The number of thiophene rings is 1. The number of benzene rings is 1. The molecule has 0 aliphatic rings. The molecule has 0 unspecified atom stereocenters. The molecule has 2 N–H and O–H groups in total. The van der Waals surface area contributed by atoms with Gasteiger partial charge >= 0.3 is 18.0 Å². The minimum absolute atomic E-state index is 0.149. The Labute approximate surface area is 148 Å². The van der Waals surface area contributed by atoms with Gasteiger partial charge in [0.2, 0.25) is 0 Å². The Morgan fingerprint density at radius 2 is 1.76 bits per heavy atom. The summed E-state index contributed by atoms with van der Waals surface area (Å²) in [6.07, 6.45) is 0. The van der Waals surface area contributed by atoms with Gasteiger partial charge in [-0.05, 0) is 31.5 Å². The monoisotopic (exact) mass is 362 g/mol. The van der Waals surface area contributed by atoms with Gasteiger partial charge in [0.1, 0.15) is 9.88 Å². The van der Waals surface area contributed by atoms with Gasteiger partial charge < -0.3 is 14.8 Å². The summed E-state index contributed by atoms with van der Waals surface area (Å²) in [7, 11) is 1.25. The maximum atomic E-state index is 12.2. The van der Waals surface area contributed by atoms with Crippen molar-refractivity contribution in [1.82, 2.24) is 0 Å². The number of urea groups is 1. The van der Waals surface area contributed by atoms with E-state index < -0.39 is 18.0 Å². The Morgan fingerprint density at radius 3 is 2.36 bits per heavy atom. The van der Waals surface area contributed by atoms with Gasteiger partial charge in [-0.25, -0.2) is 14.4 Å². The Bertz CT molecular complexity index is 786. The number of hydrogen-bond acceptors (Lipinski definition) is 6. The van der Waals surface area contributed by atoms with Crippen LogP contribution in [0.15, 0.2) is 30.3 Å². The van der Waals surface area contributed by atoms with Crippen LogP contribution >= 0.6 is 11.3 Å². The number of methoxy groups -OCH3 is 1. The first-order valence-electron chi connectivity index (χ1n) is 7.49. The molecule has 0 saturated heterocycles. The molecule has 1 aromatic carbocycles. The van der Waals surface area contributed by atoms with E-state index in [0.717, 1.165) is 11.3 Å². The van der Waals surface area contributed by atoms with Crippen molar-refractivity contribution in [3.63, 3.8) is 0 Å². The lowest BCUT2D eigenvalue weighted by Crippen LogP contribution is -2.20. The lowest BCUT2D eigenvalue weighted by Gasteiger charge is -2.08. The molecule has 8 heteroatoms. The van der Waals surface area contributed by atoms with Crippen LogP contribution in [0.2, 0.25) is 0 Å². The molecule has 2 aromatic rings. The molecule has 0 aliphatic carbocycles. The molecule has 0 radical (unpaired) electrons. The second-order valence-corrected chi connectivity index (χ2v) is 5.94. The van der Waals surface area contributed by atoms with Gasteiger partial charge in [0, 0.05) is 5.69 Å². The first-order chi connectivity index (χ1) is 12.0. The molecule has 0 saturated carbocycles. The highest BCUT2D eigenvalue weighted by Crippen LogP contribution is 2.34. The summed E-state index contributed by atoms with van der Waals surface area (Å²) in [6.45, 7) is 3.46. The van der Waals surface area contributed by atoms with Crippen molar-refractivity contribution < 1.29 is 23.9 Å². The van der Waals surface area contributed by atoms with Crippen LogP contribution in [-0.4, -0.2) is 31.7 Å². The summed E-state index contributed by atoms with van der Waals surface area (Å²) >= 11 is 0.965. The molecule has 25 heavy (non-hydrogen) atoms. The number of ether oxygens (including phenoxy) is 2. The third-order valence-electron chi connectivity index (χ3n) is 3.26. The second kappa shape index (κ2) is 8.29. The van der Waals surface area contributed by atoms with E-state index in [1.165, 1.54) is 7.11 Å². The minimum Gasteiger partial charge on any atom is -0.465 e. The van der Waals surface area contributed by atoms with E-state index in [4.69, 9.17) is 9.47 Å². The highest BCUT2D eigenvalue weighted by Gasteiger charge is 2.27. The Morgan fingerprint density at radius 1 is 1.08 bits per heavy atom. The number of hydrogen-bond donors (Lipinski definition) is 2. The first kappa shape index (κ1) is 18.5. The van der Waals surface area contributed by atoms with E-state index >= 15 is 0 Å². The van der Waals surface area contributed by atoms with Crippen LogP contribution in [0.4, 0.5) is 15.5 Å². The fourth-order valence-electron chi connectivity index (χ4n) is 2.12. The summed E-state index contributed by atoms with van der Waals surface area (Å²) in [4.78, 5) is 36.5. The summed E-state index contributed by atoms with van der Waals surface area (Å²) in [5.74, 6) is -1.19. The lowest BCUT2D eigenvalue weighted by molar-refractivity contribution is 0.0527. The van der Waals surface area contributed by atoms with Crippen LogP contribution in [0.1, 0.15) is 32.5 Å². The zero-order valence-electron chi connectivity index (χ0n) is 14.0. The van der Waals surface area contributed by atoms with Gasteiger partial charge in [-0.2, -0.15) is 0 Å². The van der Waals surface area contributed by atoms with Crippen LogP contribution in [0.3, 0.4) is 0 Å². The molecule has 2 rings (SSSR count). The largest absolute Gasteiger partial charge is 0.465 e. The van der Waals surface area contributed by atoms with E-state index in [1.807, 2.05) is 6.07 Å². The number of rotatable bonds is 5. The molecular weight excluding hydrogens is 344 g/mol. The fourth-order valence-corrected chi connectivity index (χ4v) is 3.23. The zero-order chi connectivity index (χ0) is 18.4. The van der Waals surface area contributed by atoms with Gasteiger partial charge in [0.25, 0.3) is 0 Å². The summed E-state index contributed by atoms with van der Waals surface area (Å²) in [5.41, 5.74) is 1.15. The van der Waals surface area contributed by atoms with Crippen LogP contribution in [0.5, 0.6) is 0 Å². The van der Waals surface area contributed by atoms with E-state index in [-0.39, 0.29) is 22.0 Å². The quantitative estimate of drug-likeness (QED) is 0.792. The van der Waals surface area contributed by atoms with Crippen molar-refractivity contribution in [2.45, 2.75) is 13.8 Å². The van der Waals surface area contributed by atoms with Gasteiger partial charge in [-0.15, -0.1) is 11.3 Å². The van der Waals surface area contributed by atoms with Crippen molar-refractivity contribution >= 4 is 40.0 Å². The maximum absolute atomic E-state index is 12.2. The molecule has 2 amide bonds. The number of nitrogens with one attached hydrogen (secondary N) is 2. The number of anilines is 2. The summed E-state index contributed by atoms with van der Waals surface area (Å²) in [5, 5.41) is 5.47. The van der Waals surface area contributed by atoms with E-state index in [9.17, 15) is 14.4 Å². The summed E-state index contributed by atoms with van der Waals surface area (Å²) in [6, 6.07) is 8.31. The Hall–Kier alpha value is -2.87. The average Bonchev–Trinajstić information content (AvgIpc) is 2.91. The smallest absolute Gasteiger partial charge is 0.348 e. The van der Waals surface area contributed by atoms with Gasteiger partial charge in [0.05, 0.1) is 19.3 Å². The topological polar surface area (TPSA) is 93.7 Å². The van der Waals surface area contributed by atoms with E-state index in [2.05, 4.69) is 10.6 Å². The number of carbonyl (C=O) groups excluding carboxylic acids is 3. The predicted molar refractivity (Wildman–Crippen MR) is 95.4 cm³/mol. The van der Waals surface area contributed by atoms with Crippen molar-refractivity contribution in [3.8, 4) is 0 Å². The highest BCUT2D eigenvalue weighted by atomic mass is 32.1. The van der Waals surface area contributed by atoms with Crippen molar-refractivity contribution in [2.24, 2.45) is 0 Å². The molecule has 132 valence electrons. The van der Waals surface area contributed by atoms with Crippen LogP contribution < -0.4 is 10.6 Å². The lowest BCUT2D eigenvalue weighted by atomic mass is 10.1. The van der Waals surface area contributed by atoms with Crippen LogP contribution in [0, 0.1) is 6.92 Å². The number of para-hydroxylation sites is 1. The fraction of sp³-hybridized carbons (Fsp3) is 0.235. The molecule has 0 aliphatic heterocycles. The molecule has 0 spiro atoms. The Kier molecular flexibility index (Phi) is 6.13. The molecule has 1 aromatic heterocycles. The van der Waals surface area contributed by atoms with E-state index in [0.29, 0.717) is 11.3 Å². The van der Waals surface area contributed by atoms with Gasteiger partial charge in [-0.3, -0.25) is 5.32 Å². The van der Waals surface area contributed by atoms with Crippen LogP contribution in [-0.2, 0) is 9.47 Å². The molecule has 0 bridgehead atoms. The molecule has 0 atom stereocenters. The molecule has 7 nitrogen and oxygen atoms in total. The number of carbonyl (C=O) groups is 3. The maximum Gasteiger partial charge on any atom is 0.348 e. The predicted octanol–water partition coefficient (Wildman–Crippen LogP) is 3.66. The second-order valence-electron chi connectivity index (χ2n) is 4.92. The third kappa shape index (κ3) is 4.36. The highest BCUT2D eigenvalue weighted by molar-refractivity contribution is 7.18. The zero-order valence-corrected chi connectivity index (χ0v) is 14.9.